The number of hydrogen-bond donors (Lipinski definition) is 2. The molecule has 4 nitrogen and oxygen atoms in total. The fourth-order valence-corrected chi connectivity index (χ4v) is 2.68. The Morgan fingerprint density at radius 1 is 1.47 bits per heavy atom. The summed E-state index contributed by atoms with van der Waals surface area (Å²) >= 11 is 6.07. The molecule has 0 bridgehead atoms. The monoisotopic (exact) mass is 282 g/mol. The molecule has 0 aliphatic carbocycles. The number of aliphatic hydroxyl groups is 1. The van der Waals surface area contributed by atoms with Crippen LogP contribution in [0.15, 0.2) is 18.2 Å². The molecule has 0 spiro atoms. The van der Waals surface area contributed by atoms with Gasteiger partial charge in [0.25, 0.3) is 5.91 Å². The Hall–Kier alpha value is -1.26. The van der Waals surface area contributed by atoms with Gasteiger partial charge in [0.15, 0.2) is 0 Å². The van der Waals surface area contributed by atoms with Crippen LogP contribution < -0.4 is 5.73 Å². The number of piperidine rings is 1. The first-order valence-electron chi connectivity index (χ1n) is 6.52. The van der Waals surface area contributed by atoms with Gasteiger partial charge >= 0.3 is 0 Å². The second-order valence-corrected chi connectivity index (χ2v) is 5.46. The lowest BCUT2D eigenvalue weighted by Gasteiger charge is -2.33. The molecule has 2 rings (SSSR count). The summed E-state index contributed by atoms with van der Waals surface area (Å²) in [5, 5.41) is 9.88. The molecule has 1 aromatic carbocycles. The van der Waals surface area contributed by atoms with Crippen molar-refractivity contribution in [1.29, 1.82) is 0 Å². The van der Waals surface area contributed by atoms with Crippen LogP contribution in [0.1, 0.15) is 30.1 Å². The Balaban J connectivity index is 2.07. The SMILES string of the molecule is CC(O)C1CCN(C(=O)c2cccc(N)c2Cl)CC1. The first-order chi connectivity index (χ1) is 9.00. The summed E-state index contributed by atoms with van der Waals surface area (Å²) in [6.07, 6.45) is 1.33. The Bertz CT molecular complexity index is 469. The van der Waals surface area contributed by atoms with Gasteiger partial charge < -0.3 is 15.7 Å². The Morgan fingerprint density at radius 2 is 2.11 bits per heavy atom. The quantitative estimate of drug-likeness (QED) is 0.817. The van der Waals surface area contributed by atoms with Crippen molar-refractivity contribution in [3.8, 4) is 0 Å². The third kappa shape index (κ3) is 3.01. The predicted octanol–water partition coefficient (Wildman–Crippen LogP) is 2.16. The van der Waals surface area contributed by atoms with E-state index in [1.54, 1.807) is 30.0 Å². The molecule has 1 saturated heterocycles. The van der Waals surface area contributed by atoms with Crippen LogP contribution in [0.2, 0.25) is 5.02 Å². The van der Waals surface area contributed by atoms with Crippen molar-refractivity contribution in [1.82, 2.24) is 4.90 Å². The number of rotatable bonds is 2. The van der Waals surface area contributed by atoms with E-state index in [0.717, 1.165) is 12.8 Å². The molecule has 3 N–H and O–H groups in total. The number of aliphatic hydroxyl groups excluding tert-OH is 1. The van der Waals surface area contributed by atoms with Crippen molar-refractivity contribution < 1.29 is 9.90 Å². The van der Waals surface area contributed by atoms with Crippen LogP contribution in [0.4, 0.5) is 5.69 Å². The first-order valence-corrected chi connectivity index (χ1v) is 6.90. The number of likely N-dealkylation sites (tertiary alicyclic amines) is 1. The highest BCUT2D eigenvalue weighted by Gasteiger charge is 2.27. The molecule has 1 aliphatic rings. The molecule has 0 aromatic heterocycles. The van der Waals surface area contributed by atoms with Crippen LogP contribution in [-0.4, -0.2) is 35.1 Å². The number of nitrogen functional groups attached to an aromatic ring is 1. The van der Waals surface area contributed by atoms with E-state index in [0.29, 0.717) is 29.4 Å². The van der Waals surface area contributed by atoms with E-state index in [1.165, 1.54) is 0 Å². The van der Waals surface area contributed by atoms with Gasteiger partial charge in [-0.25, -0.2) is 0 Å². The second-order valence-electron chi connectivity index (χ2n) is 5.08. The zero-order valence-electron chi connectivity index (χ0n) is 11.0. The number of nitrogens with zero attached hydrogens (tertiary/aromatic N) is 1. The molecule has 1 aromatic rings. The zero-order valence-corrected chi connectivity index (χ0v) is 11.7. The fourth-order valence-electron chi connectivity index (χ4n) is 2.47. The highest BCUT2D eigenvalue weighted by molar-refractivity contribution is 6.36. The van der Waals surface area contributed by atoms with Crippen molar-refractivity contribution in [3.63, 3.8) is 0 Å². The minimum Gasteiger partial charge on any atom is -0.398 e. The van der Waals surface area contributed by atoms with Crippen LogP contribution in [0.3, 0.4) is 0 Å². The van der Waals surface area contributed by atoms with Crippen LogP contribution >= 0.6 is 11.6 Å². The molecule has 1 amide bonds. The Morgan fingerprint density at radius 3 is 2.68 bits per heavy atom. The first kappa shape index (κ1) is 14.2. The summed E-state index contributed by atoms with van der Waals surface area (Å²) in [5.74, 6) is 0.196. The maximum absolute atomic E-state index is 12.4. The largest absolute Gasteiger partial charge is 0.398 e. The summed E-state index contributed by atoms with van der Waals surface area (Å²) in [6, 6.07) is 5.11. The number of halogens is 1. The average Bonchev–Trinajstić information content (AvgIpc) is 2.41. The molecule has 1 heterocycles. The summed E-state index contributed by atoms with van der Waals surface area (Å²) < 4.78 is 0. The Kier molecular flexibility index (Phi) is 4.32. The number of carbonyl (C=O) groups is 1. The second kappa shape index (κ2) is 5.80. The summed E-state index contributed by atoms with van der Waals surface area (Å²) in [4.78, 5) is 14.2. The van der Waals surface area contributed by atoms with Crippen molar-refractivity contribution in [2.75, 3.05) is 18.8 Å². The van der Waals surface area contributed by atoms with Crippen molar-refractivity contribution in [2.45, 2.75) is 25.9 Å². The van der Waals surface area contributed by atoms with Gasteiger partial charge in [0.1, 0.15) is 0 Å². The lowest BCUT2D eigenvalue weighted by atomic mass is 9.92. The van der Waals surface area contributed by atoms with E-state index in [4.69, 9.17) is 17.3 Å². The summed E-state index contributed by atoms with van der Waals surface area (Å²) in [6.45, 7) is 3.11. The lowest BCUT2D eigenvalue weighted by molar-refractivity contribution is 0.0521. The van der Waals surface area contributed by atoms with Crippen LogP contribution in [0.25, 0.3) is 0 Å². The van der Waals surface area contributed by atoms with E-state index in [1.807, 2.05) is 0 Å². The van der Waals surface area contributed by atoms with Gasteiger partial charge in [-0.2, -0.15) is 0 Å². The number of amides is 1. The van der Waals surface area contributed by atoms with Gasteiger partial charge in [0.05, 0.1) is 22.4 Å². The topological polar surface area (TPSA) is 66.6 Å². The van der Waals surface area contributed by atoms with Gasteiger partial charge in [0, 0.05) is 13.1 Å². The van der Waals surface area contributed by atoms with Gasteiger partial charge in [-0.1, -0.05) is 17.7 Å². The van der Waals surface area contributed by atoms with Crippen LogP contribution in [0.5, 0.6) is 0 Å². The Labute approximate surface area is 118 Å². The highest BCUT2D eigenvalue weighted by atomic mass is 35.5. The minimum atomic E-state index is -0.312. The molecule has 1 fully saturated rings. The smallest absolute Gasteiger partial charge is 0.255 e. The van der Waals surface area contributed by atoms with Crippen molar-refractivity contribution >= 4 is 23.2 Å². The van der Waals surface area contributed by atoms with Gasteiger partial charge in [0.2, 0.25) is 0 Å². The number of carbonyl (C=O) groups excluding carboxylic acids is 1. The number of hydrogen-bond acceptors (Lipinski definition) is 3. The van der Waals surface area contributed by atoms with Crippen LogP contribution in [0, 0.1) is 5.92 Å². The third-order valence-electron chi connectivity index (χ3n) is 3.77. The van der Waals surface area contributed by atoms with E-state index in [2.05, 4.69) is 0 Å². The van der Waals surface area contributed by atoms with Crippen molar-refractivity contribution in [2.24, 2.45) is 5.92 Å². The third-order valence-corrected chi connectivity index (χ3v) is 4.19. The van der Waals surface area contributed by atoms with E-state index >= 15 is 0 Å². The molecular weight excluding hydrogens is 264 g/mol. The number of nitrogens with two attached hydrogens (primary N) is 1. The molecule has 1 aliphatic heterocycles. The maximum Gasteiger partial charge on any atom is 0.255 e. The van der Waals surface area contributed by atoms with Gasteiger partial charge in [-0.15, -0.1) is 0 Å². The van der Waals surface area contributed by atoms with E-state index < -0.39 is 0 Å². The zero-order chi connectivity index (χ0) is 14.0. The van der Waals surface area contributed by atoms with Crippen LogP contribution in [-0.2, 0) is 0 Å². The standard InChI is InChI=1S/C14H19ClN2O2/c1-9(18)10-5-7-17(8-6-10)14(19)11-3-2-4-12(16)13(11)15/h2-4,9-10,18H,5-8,16H2,1H3. The predicted molar refractivity (Wildman–Crippen MR) is 76.2 cm³/mol. The van der Waals surface area contributed by atoms with Gasteiger partial charge in [-0.3, -0.25) is 4.79 Å². The van der Waals surface area contributed by atoms with Gasteiger partial charge in [-0.05, 0) is 37.8 Å². The average molecular weight is 283 g/mol. The molecule has 1 atom stereocenters. The highest BCUT2D eigenvalue weighted by Crippen LogP contribution is 2.27. The fraction of sp³-hybridized carbons (Fsp3) is 0.500. The lowest BCUT2D eigenvalue weighted by Crippen LogP contribution is -2.40. The molecule has 19 heavy (non-hydrogen) atoms. The molecular formula is C14H19ClN2O2. The van der Waals surface area contributed by atoms with E-state index in [-0.39, 0.29) is 17.9 Å². The summed E-state index contributed by atoms with van der Waals surface area (Å²) in [5.41, 5.74) is 6.59. The molecule has 1 unspecified atom stereocenters. The minimum absolute atomic E-state index is 0.0821. The molecule has 0 radical (unpaired) electrons. The molecule has 104 valence electrons. The number of benzene rings is 1. The molecule has 5 heteroatoms. The summed E-state index contributed by atoms with van der Waals surface area (Å²) in [7, 11) is 0. The van der Waals surface area contributed by atoms with E-state index in [9.17, 15) is 9.90 Å². The number of anilines is 1. The maximum atomic E-state index is 12.4. The van der Waals surface area contributed by atoms with Crippen molar-refractivity contribution in [3.05, 3.63) is 28.8 Å². The normalized spacial score (nSPS) is 18.4. The molecule has 0 saturated carbocycles.